The van der Waals surface area contributed by atoms with Gasteiger partial charge < -0.3 is 20.1 Å². The van der Waals surface area contributed by atoms with Crippen molar-refractivity contribution in [3.05, 3.63) is 59.7 Å². The molecule has 2 atom stereocenters. The third-order valence-corrected chi connectivity index (χ3v) is 5.78. The van der Waals surface area contributed by atoms with E-state index in [1.165, 1.54) is 0 Å². The van der Waals surface area contributed by atoms with E-state index >= 15 is 0 Å². The molecule has 0 aromatic heterocycles. The molecule has 0 fully saturated rings. The third kappa shape index (κ3) is 6.84. The fourth-order valence-electron chi connectivity index (χ4n) is 4.25. The molecule has 0 heterocycles. The average Bonchev–Trinajstić information content (AvgIpc) is 3.09. The summed E-state index contributed by atoms with van der Waals surface area (Å²) in [6.45, 7) is 10.9. The van der Waals surface area contributed by atoms with Crippen LogP contribution in [0, 0.1) is 5.92 Å². The second-order valence-corrected chi connectivity index (χ2v) is 10.4. The SMILES string of the molecule is CC(C)C[C@H](NC(=O)OCC1c2ccccc2-c2ccccc21)C(=O)N[C@@H](C)C(=O)OC(C)(C)C. The third-order valence-electron chi connectivity index (χ3n) is 5.78. The van der Waals surface area contributed by atoms with E-state index in [2.05, 4.69) is 22.8 Å². The molecular formula is C28H36N2O5. The number of ether oxygens (including phenoxy) is 2. The summed E-state index contributed by atoms with van der Waals surface area (Å²) in [5.74, 6) is -0.921. The van der Waals surface area contributed by atoms with Gasteiger partial charge in [-0.1, -0.05) is 62.4 Å². The standard InChI is InChI=1S/C28H36N2O5/c1-17(2)15-24(25(31)29-18(3)26(32)35-28(4,5)6)30-27(33)34-16-23-21-13-9-7-11-19(21)20-12-8-10-14-22(20)23/h7-14,17-18,23-24H,15-16H2,1-6H3,(H,29,31)(H,30,33)/t18-,24-/m0/s1. The minimum atomic E-state index is -0.847. The lowest BCUT2D eigenvalue weighted by molar-refractivity contribution is -0.158. The number of carbonyl (C=O) groups excluding carboxylic acids is 3. The maximum absolute atomic E-state index is 12.9. The monoisotopic (exact) mass is 480 g/mol. The van der Waals surface area contributed by atoms with Crippen LogP contribution < -0.4 is 10.6 Å². The molecular weight excluding hydrogens is 444 g/mol. The maximum Gasteiger partial charge on any atom is 0.407 e. The van der Waals surface area contributed by atoms with Crippen LogP contribution in [-0.2, 0) is 19.1 Å². The quantitative estimate of drug-likeness (QED) is 0.530. The number of nitrogens with one attached hydrogen (secondary N) is 2. The summed E-state index contributed by atoms with van der Waals surface area (Å²) in [5, 5.41) is 5.34. The van der Waals surface area contributed by atoms with Crippen LogP contribution in [0.4, 0.5) is 4.79 Å². The van der Waals surface area contributed by atoms with Gasteiger partial charge in [0.05, 0.1) is 0 Å². The van der Waals surface area contributed by atoms with Crippen molar-refractivity contribution in [1.82, 2.24) is 10.6 Å². The van der Waals surface area contributed by atoms with Gasteiger partial charge in [0.1, 0.15) is 24.3 Å². The molecule has 2 aromatic carbocycles. The second-order valence-electron chi connectivity index (χ2n) is 10.4. The Morgan fingerprint density at radius 2 is 1.43 bits per heavy atom. The van der Waals surface area contributed by atoms with E-state index in [-0.39, 0.29) is 18.4 Å². The molecule has 1 aliphatic carbocycles. The molecule has 0 radical (unpaired) electrons. The van der Waals surface area contributed by atoms with Gasteiger partial charge in [-0.2, -0.15) is 0 Å². The Balaban J connectivity index is 1.63. The zero-order chi connectivity index (χ0) is 25.8. The molecule has 0 unspecified atom stereocenters. The Hall–Kier alpha value is -3.35. The molecule has 35 heavy (non-hydrogen) atoms. The average molecular weight is 481 g/mol. The number of rotatable bonds is 8. The van der Waals surface area contributed by atoms with E-state index in [1.807, 2.05) is 50.2 Å². The van der Waals surface area contributed by atoms with Crippen LogP contribution in [0.1, 0.15) is 65.0 Å². The summed E-state index contributed by atoms with van der Waals surface area (Å²) in [6.07, 6.45) is -0.269. The maximum atomic E-state index is 12.9. The smallest absolute Gasteiger partial charge is 0.407 e. The van der Waals surface area contributed by atoms with Gasteiger partial charge in [0.25, 0.3) is 0 Å². The highest BCUT2D eigenvalue weighted by Crippen LogP contribution is 2.44. The van der Waals surface area contributed by atoms with Crippen molar-refractivity contribution in [2.45, 2.75) is 71.6 Å². The molecule has 7 heteroatoms. The Morgan fingerprint density at radius 1 is 0.886 bits per heavy atom. The zero-order valence-corrected chi connectivity index (χ0v) is 21.4. The fraction of sp³-hybridized carbons (Fsp3) is 0.464. The second kappa shape index (κ2) is 10.9. The van der Waals surface area contributed by atoms with Crippen molar-refractivity contribution in [3.63, 3.8) is 0 Å². The largest absolute Gasteiger partial charge is 0.458 e. The van der Waals surface area contributed by atoms with Crippen molar-refractivity contribution in [2.24, 2.45) is 5.92 Å². The first-order valence-corrected chi connectivity index (χ1v) is 12.1. The number of hydrogen-bond donors (Lipinski definition) is 2. The summed E-state index contributed by atoms with van der Waals surface area (Å²) < 4.78 is 10.9. The predicted molar refractivity (Wildman–Crippen MR) is 135 cm³/mol. The lowest BCUT2D eigenvalue weighted by Crippen LogP contribution is -2.52. The highest BCUT2D eigenvalue weighted by molar-refractivity contribution is 5.89. The van der Waals surface area contributed by atoms with Crippen LogP contribution in [0.3, 0.4) is 0 Å². The van der Waals surface area contributed by atoms with Crippen LogP contribution in [0.5, 0.6) is 0 Å². The number of amides is 2. The predicted octanol–water partition coefficient (Wildman–Crippen LogP) is 4.79. The molecule has 1 aliphatic rings. The number of hydrogen-bond acceptors (Lipinski definition) is 5. The van der Waals surface area contributed by atoms with Gasteiger partial charge >= 0.3 is 12.1 Å². The van der Waals surface area contributed by atoms with Crippen molar-refractivity contribution < 1.29 is 23.9 Å². The lowest BCUT2D eigenvalue weighted by Gasteiger charge is -2.25. The van der Waals surface area contributed by atoms with Crippen molar-refractivity contribution in [3.8, 4) is 11.1 Å². The van der Waals surface area contributed by atoms with E-state index in [0.29, 0.717) is 6.42 Å². The molecule has 2 amide bonds. The molecule has 3 rings (SSSR count). The summed E-state index contributed by atoms with van der Waals surface area (Å²) >= 11 is 0. The van der Waals surface area contributed by atoms with Gasteiger partial charge in [-0.3, -0.25) is 4.79 Å². The molecule has 188 valence electrons. The first-order chi connectivity index (χ1) is 16.5. The van der Waals surface area contributed by atoms with Gasteiger partial charge in [-0.25, -0.2) is 9.59 Å². The Kier molecular flexibility index (Phi) is 8.20. The number of benzene rings is 2. The van der Waals surface area contributed by atoms with Crippen LogP contribution in [-0.4, -0.2) is 42.3 Å². The van der Waals surface area contributed by atoms with E-state index in [1.54, 1.807) is 27.7 Å². The molecule has 0 aliphatic heterocycles. The van der Waals surface area contributed by atoms with E-state index in [9.17, 15) is 14.4 Å². The summed E-state index contributed by atoms with van der Waals surface area (Å²) in [6, 6.07) is 14.5. The number of fused-ring (bicyclic) bond motifs is 3. The summed E-state index contributed by atoms with van der Waals surface area (Å²) in [5.41, 5.74) is 3.86. The van der Waals surface area contributed by atoms with Gasteiger partial charge in [0, 0.05) is 5.92 Å². The van der Waals surface area contributed by atoms with E-state index in [4.69, 9.17) is 9.47 Å². The molecule has 2 N–H and O–H groups in total. The first-order valence-electron chi connectivity index (χ1n) is 12.1. The lowest BCUT2D eigenvalue weighted by atomic mass is 9.98. The molecule has 0 bridgehead atoms. The van der Waals surface area contributed by atoms with Crippen LogP contribution >= 0.6 is 0 Å². The van der Waals surface area contributed by atoms with E-state index < -0.39 is 35.7 Å². The van der Waals surface area contributed by atoms with Crippen LogP contribution in [0.2, 0.25) is 0 Å². The van der Waals surface area contributed by atoms with E-state index in [0.717, 1.165) is 22.3 Å². The van der Waals surface area contributed by atoms with Gasteiger partial charge in [-0.15, -0.1) is 0 Å². The Labute approximate surface area is 207 Å². The van der Waals surface area contributed by atoms with Crippen LogP contribution in [0.25, 0.3) is 11.1 Å². The van der Waals surface area contributed by atoms with Gasteiger partial charge in [0.2, 0.25) is 5.91 Å². The summed E-state index contributed by atoms with van der Waals surface area (Å²) in [4.78, 5) is 37.9. The minimum absolute atomic E-state index is 0.0716. The van der Waals surface area contributed by atoms with Gasteiger partial charge in [-0.05, 0) is 62.3 Å². The Bertz CT molecular complexity index is 1030. The normalized spacial score (nSPS) is 14.5. The highest BCUT2D eigenvalue weighted by atomic mass is 16.6. The molecule has 2 aromatic rings. The highest BCUT2D eigenvalue weighted by Gasteiger charge is 2.31. The van der Waals surface area contributed by atoms with Gasteiger partial charge in [0.15, 0.2) is 0 Å². The number of carbonyl (C=O) groups is 3. The van der Waals surface area contributed by atoms with Crippen molar-refractivity contribution >= 4 is 18.0 Å². The Morgan fingerprint density at radius 3 is 1.94 bits per heavy atom. The van der Waals surface area contributed by atoms with Crippen molar-refractivity contribution in [1.29, 1.82) is 0 Å². The number of alkyl carbamates (subject to hydrolysis) is 1. The van der Waals surface area contributed by atoms with Crippen LogP contribution in [0.15, 0.2) is 48.5 Å². The summed E-state index contributed by atoms with van der Waals surface area (Å²) in [7, 11) is 0. The molecule has 0 saturated heterocycles. The first kappa shape index (κ1) is 26.3. The number of esters is 1. The zero-order valence-electron chi connectivity index (χ0n) is 21.4. The molecule has 0 spiro atoms. The minimum Gasteiger partial charge on any atom is -0.458 e. The topological polar surface area (TPSA) is 93.7 Å². The fourth-order valence-corrected chi connectivity index (χ4v) is 4.25. The molecule has 0 saturated carbocycles. The van der Waals surface area contributed by atoms with Crippen molar-refractivity contribution in [2.75, 3.05) is 6.61 Å². The molecule has 7 nitrogen and oxygen atoms in total.